The summed E-state index contributed by atoms with van der Waals surface area (Å²) in [5, 5.41) is 12.2. The second-order valence-corrected chi connectivity index (χ2v) is 9.24. The molecule has 158 valence electrons. The van der Waals surface area contributed by atoms with E-state index >= 15 is 0 Å². The summed E-state index contributed by atoms with van der Waals surface area (Å²) in [6.45, 7) is 9.21. The minimum atomic E-state index is 0.0307. The summed E-state index contributed by atoms with van der Waals surface area (Å²) in [6, 6.07) is 10.6. The fourth-order valence-corrected chi connectivity index (χ4v) is 4.10. The summed E-state index contributed by atoms with van der Waals surface area (Å²) in [5.41, 5.74) is 5.83. The first-order valence-electron chi connectivity index (χ1n) is 10.8. The van der Waals surface area contributed by atoms with E-state index in [1.807, 2.05) is 34.7 Å². The molecule has 2 aromatic heterocycles. The highest BCUT2D eigenvalue weighted by Gasteiger charge is 2.26. The zero-order valence-corrected chi connectivity index (χ0v) is 18.4. The predicted molar refractivity (Wildman–Crippen MR) is 118 cm³/mol. The van der Waals surface area contributed by atoms with Crippen LogP contribution in [-0.4, -0.2) is 25.5 Å². The Balaban J connectivity index is 1.46. The lowest BCUT2D eigenvalue weighted by atomic mass is 9.87. The van der Waals surface area contributed by atoms with E-state index in [0.717, 1.165) is 36.2 Å². The van der Waals surface area contributed by atoms with Crippen LogP contribution in [0.1, 0.15) is 68.6 Å². The van der Waals surface area contributed by atoms with Gasteiger partial charge in [-0.3, -0.25) is 9.48 Å². The zero-order valence-electron chi connectivity index (χ0n) is 18.4. The van der Waals surface area contributed by atoms with Gasteiger partial charge in [-0.05, 0) is 55.4 Å². The third kappa shape index (κ3) is 4.32. The molecular weight excluding hydrogens is 374 g/mol. The number of nitrogens with zero attached hydrogens (tertiary/aromatic N) is 4. The van der Waals surface area contributed by atoms with Crippen molar-refractivity contribution in [3.63, 3.8) is 0 Å². The van der Waals surface area contributed by atoms with Gasteiger partial charge in [-0.2, -0.15) is 10.2 Å². The third-order valence-electron chi connectivity index (χ3n) is 5.84. The average molecular weight is 406 g/mol. The number of hydrogen-bond acceptors (Lipinski definition) is 3. The van der Waals surface area contributed by atoms with E-state index in [0.29, 0.717) is 13.0 Å². The molecule has 6 nitrogen and oxygen atoms in total. The lowest BCUT2D eigenvalue weighted by molar-refractivity contribution is -0.122. The van der Waals surface area contributed by atoms with Crippen molar-refractivity contribution in [1.29, 1.82) is 0 Å². The first-order chi connectivity index (χ1) is 14.3. The van der Waals surface area contributed by atoms with Crippen LogP contribution in [-0.2, 0) is 23.2 Å². The van der Waals surface area contributed by atoms with Crippen LogP contribution in [0.2, 0.25) is 0 Å². The van der Waals surface area contributed by atoms with Gasteiger partial charge in [-0.1, -0.05) is 32.9 Å². The predicted octanol–water partition coefficient (Wildman–Crippen LogP) is 4.26. The van der Waals surface area contributed by atoms with Crippen molar-refractivity contribution in [3.8, 4) is 5.69 Å². The van der Waals surface area contributed by atoms with Crippen LogP contribution in [0.3, 0.4) is 0 Å². The van der Waals surface area contributed by atoms with Crippen molar-refractivity contribution >= 4 is 5.91 Å². The molecule has 1 aromatic carbocycles. The van der Waals surface area contributed by atoms with Gasteiger partial charge in [-0.15, -0.1) is 0 Å². The number of hydrogen-bond donors (Lipinski definition) is 1. The van der Waals surface area contributed by atoms with E-state index in [1.165, 1.54) is 11.3 Å². The van der Waals surface area contributed by atoms with Gasteiger partial charge in [0.1, 0.15) is 0 Å². The lowest BCUT2D eigenvalue weighted by Gasteiger charge is -2.24. The number of carbonyl (C=O) groups excluding carboxylic acids is 1. The Morgan fingerprint density at radius 3 is 2.63 bits per heavy atom. The highest BCUT2D eigenvalue weighted by Crippen LogP contribution is 2.31. The van der Waals surface area contributed by atoms with Gasteiger partial charge in [0.05, 0.1) is 23.6 Å². The highest BCUT2D eigenvalue weighted by molar-refractivity contribution is 5.76. The van der Waals surface area contributed by atoms with Gasteiger partial charge in [0.2, 0.25) is 5.91 Å². The molecule has 6 heteroatoms. The molecule has 1 aliphatic rings. The molecule has 4 rings (SSSR count). The molecule has 0 saturated carbocycles. The van der Waals surface area contributed by atoms with Crippen molar-refractivity contribution < 1.29 is 4.79 Å². The number of carbonyl (C=O) groups is 1. The Labute approximate surface area is 178 Å². The fourth-order valence-electron chi connectivity index (χ4n) is 4.10. The number of aryl methyl sites for hydroxylation is 2. The molecule has 1 amide bonds. The molecule has 0 fully saturated rings. The second kappa shape index (κ2) is 8.09. The summed E-state index contributed by atoms with van der Waals surface area (Å²) < 4.78 is 3.85. The molecule has 1 aliphatic carbocycles. The Kier molecular flexibility index (Phi) is 5.50. The number of benzene rings is 1. The molecule has 0 saturated heterocycles. The molecule has 0 radical (unpaired) electrons. The average Bonchev–Trinajstić information content (AvgIpc) is 3.32. The Morgan fingerprint density at radius 2 is 1.97 bits per heavy atom. The molecule has 1 atom stereocenters. The van der Waals surface area contributed by atoms with Crippen LogP contribution < -0.4 is 5.32 Å². The van der Waals surface area contributed by atoms with Gasteiger partial charge < -0.3 is 5.32 Å². The molecule has 0 bridgehead atoms. The number of fused-ring (bicyclic) bond motifs is 1. The van der Waals surface area contributed by atoms with Gasteiger partial charge in [0.15, 0.2) is 0 Å². The van der Waals surface area contributed by atoms with Crippen molar-refractivity contribution in [2.24, 2.45) is 0 Å². The van der Waals surface area contributed by atoms with Crippen molar-refractivity contribution in [2.75, 3.05) is 0 Å². The minimum Gasteiger partial charge on any atom is -0.349 e. The quantitative estimate of drug-likeness (QED) is 0.690. The maximum atomic E-state index is 12.5. The van der Waals surface area contributed by atoms with Gasteiger partial charge >= 0.3 is 0 Å². The number of rotatable bonds is 5. The number of nitrogens with one attached hydrogen (secondary N) is 1. The van der Waals surface area contributed by atoms with Crippen molar-refractivity contribution in [3.05, 3.63) is 65.2 Å². The number of aromatic nitrogens is 4. The number of amides is 1. The summed E-state index contributed by atoms with van der Waals surface area (Å²) in [5.74, 6) is 0.0586. The maximum absolute atomic E-state index is 12.5. The molecule has 3 aromatic rings. The molecular formula is C24H31N5O. The Hall–Kier alpha value is -2.89. The molecule has 30 heavy (non-hydrogen) atoms. The van der Waals surface area contributed by atoms with Gasteiger partial charge in [0, 0.05) is 30.4 Å². The van der Waals surface area contributed by atoms with E-state index in [4.69, 9.17) is 0 Å². The van der Waals surface area contributed by atoms with E-state index in [2.05, 4.69) is 60.6 Å². The lowest BCUT2D eigenvalue weighted by Crippen LogP contribution is -2.31. The van der Waals surface area contributed by atoms with Crippen molar-refractivity contribution in [2.45, 2.75) is 71.4 Å². The SMILES string of the molecule is Cc1ccn(CCC(=O)N[C@H]2CCCc3c2cnn3-c2ccc(C(C)(C)C)cc2)n1. The Morgan fingerprint density at radius 1 is 1.20 bits per heavy atom. The molecule has 2 heterocycles. The van der Waals surface area contributed by atoms with E-state index < -0.39 is 0 Å². The molecule has 0 aliphatic heterocycles. The first-order valence-corrected chi connectivity index (χ1v) is 10.8. The van der Waals surface area contributed by atoms with Crippen LogP contribution in [0.25, 0.3) is 5.69 Å². The first kappa shape index (κ1) is 20.4. The highest BCUT2D eigenvalue weighted by atomic mass is 16.1. The second-order valence-electron chi connectivity index (χ2n) is 9.24. The standard InChI is InChI=1S/C24H31N5O/c1-17-12-14-28(27-17)15-13-23(30)26-21-6-5-7-22-20(21)16-25-29(22)19-10-8-18(9-11-19)24(2,3)4/h8-12,14,16,21H,5-7,13,15H2,1-4H3,(H,26,30)/t21-/m0/s1. The van der Waals surface area contributed by atoms with Gasteiger partial charge in [0.25, 0.3) is 0 Å². The summed E-state index contributed by atoms with van der Waals surface area (Å²) >= 11 is 0. The van der Waals surface area contributed by atoms with Crippen LogP contribution in [0.4, 0.5) is 0 Å². The van der Waals surface area contributed by atoms with E-state index in [1.54, 1.807) is 0 Å². The zero-order chi connectivity index (χ0) is 21.3. The summed E-state index contributed by atoms with van der Waals surface area (Å²) in [6.07, 6.45) is 7.24. The van der Waals surface area contributed by atoms with Crippen LogP contribution in [0, 0.1) is 6.92 Å². The van der Waals surface area contributed by atoms with Crippen LogP contribution >= 0.6 is 0 Å². The molecule has 0 spiro atoms. The van der Waals surface area contributed by atoms with E-state index in [9.17, 15) is 4.79 Å². The largest absolute Gasteiger partial charge is 0.349 e. The van der Waals surface area contributed by atoms with Crippen molar-refractivity contribution in [1.82, 2.24) is 24.9 Å². The molecule has 1 N–H and O–H groups in total. The van der Waals surface area contributed by atoms with Gasteiger partial charge in [-0.25, -0.2) is 4.68 Å². The van der Waals surface area contributed by atoms with Crippen LogP contribution in [0.15, 0.2) is 42.7 Å². The summed E-state index contributed by atoms with van der Waals surface area (Å²) in [7, 11) is 0. The fraction of sp³-hybridized carbons (Fsp3) is 0.458. The Bertz CT molecular complexity index is 1020. The smallest absolute Gasteiger partial charge is 0.222 e. The van der Waals surface area contributed by atoms with E-state index in [-0.39, 0.29) is 17.4 Å². The molecule has 0 unspecified atom stereocenters. The summed E-state index contributed by atoms with van der Waals surface area (Å²) in [4.78, 5) is 12.5. The monoisotopic (exact) mass is 405 g/mol. The topological polar surface area (TPSA) is 64.7 Å². The van der Waals surface area contributed by atoms with Crippen LogP contribution in [0.5, 0.6) is 0 Å². The maximum Gasteiger partial charge on any atom is 0.222 e. The third-order valence-corrected chi connectivity index (χ3v) is 5.84. The minimum absolute atomic E-state index is 0.0307. The normalized spacial score (nSPS) is 16.3.